The van der Waals surface area contributed by atoms with E-state index in [0.29, 0.717) is 31.8 Å². The Morgan fingerprint density at radius 3 is 2.68 bits per heavy atom. The molecule has 3 unspecified atom stereocenters. The van der Waals surface area contributed by atoms with Gasteiger partial charge < -0.3 is 15.3 Å². The summed E-state index contributed by atoms with van der Waals surface area (Å²) in [7, 11) is 0. The summed E-state index contributed by atoms with van der Waals surface area (Å²) in [6.07, 6.45) is 3.24. The van der Waals surface area contributed by atoms with Crippen molar-refractivity contribution < 1.29 is 14.7 Å². The molecule has 0 aromatic heterocycles. The third kappa shape index (κ3) is 3.01. The van der Waals surface area contributed by atoms with E-state index in [1.165, 1.54) is 6.42 Å². The van der Waals surface area contributed by atoms with E-state index in [0.717, 1.165) is 18.9 Å². The first-order chi connectivity index (χ1) is 8.98. The maximum atomic E-state index is 12.0. The molecule has 0 bridgehead atoms. The highest BCUT2D eigenvalue weighted by atomic mass is 16.4. The van der Waals surface area contributed by atoms with E-state index in [1.54, 1.807) is 4.90 Å². The monoisotopic (exact) mass is 268 g/mol. The van der Waals surface area contributed by atoms with Crippen molar-refractivity contribution in [3.05, 3.63) is 0 Å². The number of hydrogen-bond acceptors (Lipinski definition) is 2. The number of urea groups is 1. The first kappa shape index (κ1) is 14.2. The average Bonchev–Trinajstić information content (AvgIpc) is 2.89. The smallest absolute Gasteiger partial charge is 0.317 e. The van der Waals surface area contributed by atoms with Crippen LogP contribution in [0, 0.1) is 17.3 Å². The van der Waals surface area contributed by atoms with E-state index < -0.39 is 11.4 Å². The summed E-state index contributed by atoms with van der Waals surface area (Å²) in [5.74, 6) is 0.573. The van der Waals surface area contributed by atoms with Crippen LogP contribution < -0.4 is 5.32 Å². The molecule has 19 heavy (non-hydrogen) atoms. The summed E-state index contributed by atoms with van der Waals surface area (Å²) in [5.41, 5.74) is -0.723. The summed E-state index contributed by atoms with van der Waals surface area (Å²) in [4.78, 5) is 25.1. The van der Waals surface area contributed by atoms with E-state index in [-0.39, 0.29) is 6.03 Å². The van der Waals surface area contributed by atoms with Crippen LogP contribution in [0.4, 0.5) is 4.79 Å². The van der Waals surface area contributed by atoms with Gasteiger partial charge in [0.1, 0.15) is 0 Å². The van der Waals surface area contributed by atoms with Crippen LogP contribution in [0.3, 0.4) is 0 Å². The first-order valence-electron chi connectivity index (χ1n) is 7.24. The molecule has 0 aromatic rings. The van der Waals surface area contributed by atoms with Gasteiger partial charge in [-0.2, -0.15) is 0 Å². The highest BCUT2D eigenvalue weighted by molar-refractivity contribution is 5.79. The molecule has 2 aliphatic rings. The predicted octanol–water partition coefficient (Wildman–Crippen LogP) is 1.93. The fourth-order valence-corrected chi connectivity index (χ4v) is 3.02. The van der Waals surface area contributed by atoms with Crippen molar-refractivity contribution >= 4 is 12.0 Å². The summed E-state index contributed by atoms with van der Waals surface area (Å²) >= 11 is 0. The number of nitrogens with one attached hydrogen (secondary N) is 1. The Morgan fingerprint density at radius 1 is 1.47 bits per heavy atom. The van der Waals surface area contributed by atoms with Crippen molar-refractivity contribution in [3.8, 4) is 0 Å². The van der Waals surface area contributed by atoms with Crippen LogP contribution in [0.2, 0.25) is 0 Å². The lowest BCUT2D eigenvalue weighted by molar-refractivity contribution is -0.148. The van der Waals surface area contributed by atoms with Gasteiger partial charge in [0, 0.05) is 19.6 Å². The quantitative estimate of drug-likeness (QED) is 0.800. The Labute approximate surface area is 114 Å². The Kier molecular flexibility index (Phi) is 4.02. The summed E-state index contributed by atoms with van der Waals surface area (Å²) in [5, 5.41) is 12.3. The molecule has 2 rings (SSSR count). The van der Waals surface area contributed by atoms with Crippen molar-refractivity contribution in [1.29, 1.82) is 0 Å². The third-order valence-electron chi connectivity index (χ3n) is 4.61. The molecule has 1 aliphatic heterocycles. The number of carboxylic acid groups (broad SMARTS) is 1. The molecule has 1 saturated carbocycles. The fraction of sp³-hybridized carbons (Fsp3) is 0.857. The Balaban J connectivity index is 1.85. The van der Waals surface area contributed by atoms with Gasteiger partial charge in [0.25, 0.3) is 0 Å². The summed E-state index contributed by atoms with van der Waals surface area (Å²) < 4.78 is 0. The number of carboxylic acids is 1. The minimum Gasteiger partial charge on any atom is -0.481 e. The molecule has 0 spiro atoms. The zero-order valence-electron chi connectivity index (χ0n) is 11.8. The lowest BCUT2D eigenvalue weighted by Gasteiger charge is -2.24. The number of hydrogen-bond donors (Lipinski definition) is 2. The number of carbonyl (C=O) groups excluding carboxylic acids is 1. The van der Waals surface area contributed by atoms with Gasteiger partial charge in [-0.15, -0.1) is 0 Å². The Morgan fingerprint density at radius 2 is 2.16 bits per heavy atom. The van der Waals surface area contributed by atoms with E-state index in [1.807, 2.05) is 6.92 Å². The van der Waals surface area contributed by atoms with Crippen molar-refractivity contribution in [2.45, 2.75) is 39.5 Å². The molecule has 3 atom stereocenters. The predicted molar refractivity (Wildman–Crippen MR) is 71.8 cm³/mol. The first-order valence-corrected chi connectivity index (χ1v) is 7.24. The molecule has 2 N–H and O–H groups in total. The SMILES string of the molecule is CCCC1(C(=O)O)CCN(C(=O)NCC2CC2C)C1. The van der Waals surface area contributed by atoms with Crippen molar-refractivity contribution in [3.63, 3.8) is 0 Å². The zero-order valence-corrected chi connectivity index (χ0v) is 11.8. The maximum Gasteiger partial charge on any atom is 0.317 e. The van der Waals surface area contributed by atoms with Crippen LogP contribution in [0.1, 0.15) is 39.5 Å². The molecule has 1 aliphatic carbocycles. The topological polar surface area (TPSA) is 69.6 Å². The van der Waals surface area contributed by atoms with Crippen LogP contribution in [0.15, 0.2) is 0 Å². The highest BCUT2D eigenvalue weighted by Crippen LogP contribution is 2.37. The number of carbonyl (C=O) groups is 2. The second-order valence-electron chi connectivity index (χ2n) is 6.17. The van der Waals surface area contributed by atoms with Gasteiger partial charge in [-0.1, -0.05) is 20.3 Å². The van der Waals surface area contributed by atoms with Crippen LogP contribution >= 0.6 is 0 Å². The largest absolute Gasteiger partial charge is 0.481 e. The average molecular weight is 268 g/mol. The Hall–Kier alpha value is -1.26. The van der Waals surface area contributed by atoms with Crippen LogP contribution in [0.25, 0.3) is 0 Å². The van der Waals surface area contributed by atoms with Gasteiger partial charge in [-0.3, -0.25) is 4.79 Å². The highest BCUT2D eigenvalue weighted by Gasteiger charge is 2.45. The van der Waals surface area contributed by atoms with Gasteiger partial charge in [-0.05, 0) is 31.1 Å². The normalized spacial score (nSPS) is 33.3. The van der Waals surface area contributed by atoms with Gasteiger partial charge in [0.05, 0.1) is 5.41 Å². The number of likely N-dealkylation sites (tertiary alicyclic amines) is 1. The van der Waals surface area contributed by atoms with Crippen LogP contribution in [0.5, 0.6) is 0 Å². The molecule has 1 saturated heterocycles. The molecular formula is C14H24N2O3. The fourth-order valence-electron chi connectivity index (χ4n) is 3.02. The molecule has 108 valence electrons. The van der Waals surface area contributed by atoms with E-state index in [9.17, 15) is 14.7 Å². The second kappa shape index (κ2) is 5.39. The summed E-state index contributed by atoms with van der Waals surface area (Å²) in [6.45, 7) is 5.80. The minimum absolute atomic E-state index is 0.0988. The standard InChI is InChI=1S/C14H24N2O3/c1-3-4-14(12(17)18)5-6-16(9-14)13(19)15-8-11-7-10(11)2/h10-11H,3-9H2,1-2H3,(H,15,19)(H,17,18). The number of amides is 2. The third-order valence-corrected chi connectivity index (χ3v) is 4.61. The number of rotatable bonds is 5. The number of nitrogens with zero attached hydrogens (tertiary/aromatic N) is 1. The van der Waals surface area contributed by atoms with Gasteiger partial charge in [0.15, 0.2) is 0 Å². The molecule has 2 amide bonds. The molecule has 5 heteroatoms. The van der Waals surface area contributed by atoms with Gasteiger partial charge in [0.2, 0.25) is 0 Å². The van der Waals surface area contributed by atoms with Crippen LogP contribution in [-0.4, -0.2) is 41.6 Å². The maximum absolute atomic E-state index is 12.0. The summed E-state index contributed by atoms with van der Waals surface area (Å²) in [6, 6.07) is -0.0988. The van der Waals surface area contributed by atoms with Gasteiger partial charge >= 0.3 is 12.0 Å². The molecule has 2 fully saturated rings. The second-order valence-corrected chi connectivity index (χ2v) is 6.17. The van der Waals surface area contributed by atoms with Crippen molar-refractivity contribution in [2.24, 2.45) is 17.3 Å². The van der Waals surface area contributed by atoms with Crippen LogP contribution in [-0.2, 0) is 4.79 Å². The van der Waals surface area contributed by atoms with E-state index in [2.05, 4.69) is 12.2 Å². The Bertz CT molecular complexity index is 372. The molecule has 0 aromatic carbocycles. The zero-order chi connectivity index (χ0) is 14.0. The lowest BCUT2D eigenvalue weighted by Crippen LogP contribution is -2.42. The lowest BCUT2D eigenvalue weighted by atomic mass is 9.83. The van der Waals surface area contributed by atoms with Gasteiger partial charge in [-0.25, -0.2) is 4.79 Å². The van der Waals surface area contributed by atoms with E-state index in [4.69, 9.17) is 0 Å². The molecule has 5 nitrogen and oxygen atoms in total. The minimum atomic E-state index is -0.763. The van der Waals surface area contributed by atoms with Crippen molar-refractivity contribution in [2.75, 3.05) is 19.6 Å². The number of aliphatic carboxylic acids is 1. The van der Waals surface area contributed by atoms with Crippen molar-refractivity contribution in [1.82, 2.24) is 10.2 Å². The van der Waals surface area contributed by atoms with E-state index >= 15 is 0 Å². The molecule has 1 heterocycles. The molecular weight excluding hydrogens is 244 g/mol. The molecule has 0 radical (unpaired) electrons.